The van der Waals surface area contributed by atoms with E-state index in [1.807, 2.05) is 24.3 Å². The first kappa shape index (κ1) is 18.3. The van der Waals surface area contributed by atoms with Crippen molar-refractivity contribution in [2.45, 2.75) is 12.1 Å². The molecule has 3 amide bonds. The number of thiophene rings is 1. The van der Waals surface area contributed by atoms with Gasteiger partial charge in [-0.2, -0.15) is 0 Å². The number of aromatic nitrogens is 2. The van der Waals surface area contributed by atoms with Gasteiger partial charge < -0.3 is 15.0 Å². The Hall–Kier alpha value is -3.72. The summed E-state index contributed by atoms with van der Waals surface area (Å²) in [7, 11) is 0. The summed E-state index contributed by atoms with van der Waals surface area (Å²) in [6.07, 6.45) is 3.30. The van der Waals surface area contributed by atoms with Gasteiger partial charge in [-0.05, 0) is 42.5 Å². The minimum absolute atomic E-state index is 0.0606. The molecule has 1 saturated heterocycles. The van der Waals surface area contributed by atoms with Crippen molar-refractivity contribution in [3.05, 3.63) is 71.6 Å². The molecule has 30 heavy (non-hydrogen) atoms. The van der Waals surface area contributed by atoms with Crippen LogP contribution in [0.15, 0.2) is 60.9 Å². The van der Waals surface area contributed by atoms with Crippen LogP contribution in [-0.4, -0.2) is 26.6 Å². The molecule has 0 aliphatic carbocycles. The van der Waals surface area contributed by atoms with E-state index < -0.39 is 23.3 Å². The number of rotatable bonds is 4. The molecule has 4 aromatic rings. The Morgan fingerprint density at radius 2 is 2.03 bits per heavy atom. The molecular formula is C21H15FN4O3S. The summed E-state index contributed by atoms with van der Waals surface area (Å²) in [5.74, 6) is -1.18. The maximum Gasteiger partial charge on any atom is 0.322 e. The Balaban J connectivity index is 1.60. The first-order valence-corrected chi connectivity index (χ1v) is 9.91. The molecule has 0 radical (unpaired) electrons. The molecular weight excluding hydrogens is 407 g/mol. The van der Waals surface area contributed by atoms with Crippen LogP contribution < -0.4 is 10.6 Å². The highest BCUT2D eigenvalue weighted by molar-refractivity contribution is 7.15. The van der Waals surface area contributed by atoms with Gasteiger partial charge in [0.2, 0.25) is 0 Å². The van der Waals surface area contributed by atoms with Crippen LogP contribution in [0.2, 0.25) is 0 Å². The van der Waals surface area contributed by atoms with Gasteiger partial charge in [0, 0.05) is 28.0 Å². The number of carbonyl (C=O) groups excluding carboxylic acids is 2. The monoisotopic (exact) mass is 422 g/mol. The third kappa shape index (κ3) is 2.82. The maximum absolute atomic E-state index is 13.6. The van der Waals surface area contributed by atoms with Crippen molar-refractivity contribution in [2.24, 2.45) is 0 Å². The quantitative estimate of drug-likeness (QED) is 0.440. The number of amides is 3. The molecule has 0 bridgehead atoms. The van der Waals surface area contributed by atoms with Crippen LogP contribution in [0.1, 0.15) is 4.88 Å². The van der Waals surface area contributed by atoms with Gasteiger partial charge in [-0.15, -0.1) is 11.3 Å². The third-order valence-corrected chi connectivity index (χ3v) is 6.39. The lowest BCUT2D eigenvalue weighted by Crippen LogP contribution is -2.46. The zero-order valence-corrected chi connectivity index (χ0v) is 16.2. The fourth-order valence-electron chi connectivity index (χ4n) is 3.66. The SMILES string of the molecule is O=C1NC(=O)[C@@](Cn2cc3ccc(F)cc3c2O)(c2ccc(-c3ccccn3)s2)N1. The largest absolute Gasteiger partial charge is 0.494 e. The molecule has 1 fully saturated rings. The smallest absolute Gasteiger partial charge is 0.322 e. The number of nitrogens with one attached hydrogen (secondary N) is 2. The molecule has 7 nitrogen and oxygen atoms in total. The van der Waals surface area contributed by atoms with Crippen LogP contribution in [0.3, 0.4) is 0 Å². The fourth-order valence-corrected chi connectivity index (χ4v) is 4.78. The van der Waals surface area contributed by atoms with Crippen molar-refractivity contribution in [3.8, 4) is 16.5 Å². The van der Waals surface area contributed by atoms with Gasteiger partial charge in [0.15, 0.2) is 11.4 Å². The number of hydrogen-bond donors (Lipinski definition) is 3. The van der Waals surface area contributed by atoms with Crippen molar-refractivity contribution < 1.29 is 19.1 Å². The van der Waals surface area contributed by atoms with E-state index in [1.165, 1.54) is 28.0 Å². The fraction of sp³-hybridized carbons (Fsp3) is 0.0952. The number of carbonyl (C=O) groups is 2. The summed E-state index contributed by atoms with van der Waals surface area (Å²) < 4.78 is 15.0. The summed E-state index contributed by atoms with van der Waals surface area (Å²) >= 11 is 1.33. The lowest BCUT2D eigenvalue weighted by Gasteiger charge is -2.25. The van der Waals surface area contributed by atoms with E-state index in [9.17, 15) is 19.1 Å². The zero-order chi connectivity index (χ0) is 20.9. The van der Waals surface area contributed by atoms with Crippen molar-refractivity contribution in [2.75, 3.05) is 0 Å². The number of nitrogens with zero attached hydrogens (tertiary/aromatic N) is 2. The highest BCUT2D eigenvalue weighted by Crippen LogP contribution is 2.38. The van der Waals surface area contributed by atoms with Crippen LogP contribution >= 0.6 is 11.3 Å². The molecule has 5 rings (SSSR count). The molecule has 0 saturated carbocycles. The first-order chi connectivity index (χ1) is 14.5. The molecule has 1 aliphatic rings. The number of hydrogen-bond acceptors (Lipinski definition) is 5. The predicted octanol–water partition coefficient (Wildman–Crippen LogP) is 3.34. The first-order valence-electron chi connectivity index (χ1n) is 9.09. The number of fused-ring (bicyclic) bond motifs is 1. The second-order valence-electron chi connectivity index (χ2n) is 7.00. The normalized spacial score (nSPS) is 18.6. The van der Waals surface area contributed by atoms with Crippen LogP contribution in [-0.2, 0) is 16.9 Å². The van der Waals surface area contributed by atoms with Gasteiger partial charge in [0.25, 0.3) is 5.91 Å². The lowest BCUT2D eigenvalue weighted by molar-refractivity contribution is -0.124. The average Bonchev–Trinajstić information content (AvgIpc) is 3.41. The molecule has 3 N–H and O–H groups in total. The van der Waals surface area contributed by atoms with Crippen molar-refractivity contribution in [1.29, 1.82) is 0 Å². The highest BCUT2D eigenvalue weighted by Gasteiger charge is 2.49. The molecule has 9 heteroatoms. The lowest BCUT2D eigenvalue weighted by atomic mass is 9.97. The van der Waals surface area contributed by atoms with Crippen molar-refractivity contribution in [1.82, 2.24) is 20.2 Å². The Morgan fingerprint density at radius 1 is 1.17 bits per heavy atom. The Kier molecular flexibility index (Phi) is 4.07. The second kappa shape index (κ2) is 6.67. The van der Waals surface area contributed by atoms with Gasteiger partial charge in [0.05, 0.1) is 17.1 Å². The van der Waals surface area contributed by atoms with E-state index in [4.69, 9.17) is 0 Å². The summed E-state index contributed by atoms with van der Waals surface area (Å²) in [6.45, 7) is -0.0606. The van der Waals surface area contributed by atoms with E-state index in [2.05, 4.69) is 15.6 Å². The molecule has 150 valence electrons. The molecule has 3 aromatic heterocycles. The maximum atomic E-state index is 13.6. The molecule has 1 aromatic carbocycles. The Morgan fingerprint density at radius 3 is 2.77 bits per heavy atom. The molecule has 0 unspecified atom stereocenters. The topological polar surface area (TPSA) is 96.2 Å². The summed E-state index contributed by atoms with van der Waals surface area (Å²) in [5.41, 5.74) is -0.668. The minimum Gasteiger partial charge on any atom is -0.494 e. The van der Waals surface area contributed by atoms with Gasteiger partial charge in [-0.1, -0.05) is 6.07 Å². The van der Waals surface area contributed by atoms with E-state index in [0.717, 1.165) is 10.6 Å². The molecule has 4 heterocycles. The van der Waals surface area contributed by atoms with Gasteiger partial charge in [-0.3, -0.25) is 15.1 Å². The summed E-state index contributed by atoms with van der Waals surface area (Å²) in [5, 5.41) is 16.6. The number of urea groups is 1. The van der Waals surface area contributed by atoms with E-state index >= 15 is 0 Å². The van der Waals surface area contributed by atoms with E-state index in [0.29, 0.717) is 15.6 Å². The minimum atomic E-state index is -1.42. The predicted molar refractivity (Wildman–Crippen MR) is 109 cm³/mol. The molecule has 1 aliphatic heterocycles. The van der Waals surface area contributed by atoms with Crippen LogP contribution in [0.5, 0.6) is 5.88 Å². The number of imide groups is 1. The number of aromatic hydroxyl groups is 1. The zero-order valence-electron chi connectivity index (χ0n) is 15.4. The molecule has 0 spiro atoms. The van der Waals surface area contributed by atoms with Crippen LogP contribution in [0.4, 0.5) is 9.18 Å². The van der Waals surface area contributed by atoms with E-state index in [-0.39, 0.29) is 12.4 Å². The van der Waals surface area contributed by atoms with Gasteiger partial charge >= 0.3 is 6.03 Å². The van der Waals surface area contributed by atoms with Crippen molar-refractivity contribution in [3.63, 3.8) is 0 Å². The Labute approximate surface area is 173 Å². The van der Waals surface area contributed by atoms with Crippen LogP contribution in [0, 0.1) is 5.82 Å². The average molecular weight is 422 g/mol. The van der Waals surface area contributed by atoms with Gasteiger partial charge in [-0.25, -0.2) is 9.18 Å². The van der Waals surface area contributed by atoms with Crippen molar-refractivity contribution >= 4 is 34.0 Å². The number of benzene rings is 1. The summed E-state index contributed by atoms with van der Waals surface area (Å²) in [6, 6.07) is 12.6. The molecule has 1 atom stereocenters. The van der Waals surface area contributed by atoms with Crippen LogP contribution in [0.25, 0.3) is 21.3 Å². The number of halogens is 1. The van der Waals surface area contributed by atoms with E-state index in [1.54, 1.807) is 24.5 Å². The third-order valence-electron chi connectivity index (χ3n) is 5.12. The Bertz CT molecular complexity index is 1300. The van der Waals surface area contributed by atoms with Gasteiger partial charge in [0.1, 0.15) is 5.82 Å². The highest BCUT2D eigenvalue weighted by atomic mass is 32.1. The second-order valence-corrected chi connectivity index (χ2v) is 8.09. The number of pyridine rings is 1. The standard InChI is InChI=1S/C21H15FN4O3S/c22-13-5-4-12-10-26(18(27)14(12)9-13)11-21(19(28)24-20(29)25-21)17-7-6-16(30-17)15-3-1-2-8-23-15/h1-10,27H,11H2,(H2,24,25,28,29)/t21-/m1/s1. The summed E-state index contributed by atoms with van der Waals surface area (Å²) in [4.78, 5) is 30.7.